The Labute approximate surface area is 329 Å². The summed E-state index contributed by atoms with van der Waals surface area (Å²) in [6.07, 6.45) is 8.57. The molecular formula is C39H53F2N5O9S. The number of imide groups is 1. The number of allylic oxidation sites excluding steroid dienone is 3. The monoisotopic (exact) mass is 805 g/mol. The molecule has 17 heteroatoms. The van der Waals surface area contributed by atoms with Crippen molar-refractivity contribution in [1.29, 1.82) is 0 Å². The van der Waals surface area contributed by atoms with Crippen molar-refractivity contribution in [1.82, 2.24) is 15.2 Å². The predicted octanol–water partition coefficient (Wildman–Crippen LogP) is 4.14. The highest BCUT2D eigenvalue weighted by Crippen LogP contribution is 2.33. The Morgan fingerprint density at radius 2 is 1.77 bits per heavy atom. The van der Waals surface area contributed by atoms with Crippen LogP contribution in [0.15, 0.2) is 47.4 Å². The van der Waals surface area contributed by atoms with E-state index in [1.807, 2.05) is 5.38 Å². The number of aliphatic hydroxyl groups is 2. The number of carbonyl (C=O) groups excluding carboxylic acids is 4. The zero-order valence-corrected chi connectivity index (χ0v) is 32.4. The smallest absolute Gasteiger partial charge is 0.266 e. The summed E-state index contributed by atoms with van der Waals surface area (Å²) in [5.41, 5.74) is 6.23. The molecule has 4 rings (SSSR count). The van der Waals surface area contributed by atoms with Crippen molar-refractivity contribution >= 4 is 40.5 Å². The third-order valence-electron chi connectivity index (χ3n) is 9.31. The summed E-state index contributed by atoms with van der Waals surface area (Å²) >= 11 is 1.52. The maximum Gasteiger partial charge on any atom is 0.266 e. The number of unbranched alkanes of at least 4 members (excludes halogenated alkanes) is 6. The summed E-state index contributed by atoms with van der Waals surface area (Å²) in [7, 11) is 0. The number of amides is 3. The zero-order valence-electron chi connectivity index (χ0n) is 31.5. The lowest BCUT2D eigenvalue weighted by Crippen LogP contribution is -2.47. The first-order chi connectivity index (χ1) is 27.1. The third-order valence-corrected chi connectivity index (χ3v) is 10.3. The van der Waals surface area contributed by atoms with Crippen molar-refractivity contribution in [3.05, 3.63) is 64.2 Å². The molecule has 1 aromatic heterocycles. The van der Waals surface area contributed by atoms with Crippen molar-refractivity contribution in [3.8, 4) is 5.75 Å². The van der Waals surface area contributed by atoms with E-state index in [2.05, 4.69) is 15.2 Å². The minimum absolute atomic E-state index is 0.0219. The maximum absolute atomic E-state index is 14.2. The van der Waals surface area contributed by atoms with E-state index >= 15 is 0 Å². The van der Waals surface area contributed by atoms with Crippen LogP contribution in [0.1, 0.15) is 90.6 Å². The topological polar surface area (TPSA) is 194 Å². The fourth-order valence-corrected chi connectivity index (χ4v) is 7.18. The molecule has 308 valence electrons. The average Bonchev–Trinajstić information content (AvgIpc) is 3.77. The molecule has 3 amide bonds. The molecule has 1 fully saturated rings. The Hall–Kier alpha value is -4.13. The second-order valence-corrected chi connectivity index (χ2v) is 14.5. The predicted molar refractivity (Wildman–Crippen MR) is 206 cm³/mol. The number of ether oxygens (including phenoxy) is 3. The van der Waals surface area contributed by atoms with E-state index in [1.165, 1.54) is 35.6 Å². The van der Waals surface area contributed by atoms with Gasteiger partial charge in [0.05, 0.1) is 42.7 Å². The molecule has 0 aliphatic carbocycles. The van der Waals surface area contributed by atoms with Crippen LogP contribution in [0.2, 0.25) is 0 Å². The highest BCUT2D eigenvalue weighted by Gasteiger charge is 2.43. The second-order valence-electron chi connectivity index (χ2n) is 13.6. The highest BCUT2D eigenvalue weighted by molar-refractivity contribution is 7.13. The van der Waals surface area contributed by atoms with Gasteiger partial charge < -0.3 is 39.9 Å². The SMILES string of the molecule is NC(=O)C(CCC=O)N1C(=O)c2cccc(OCC(O)NCCCCCCCCCC(O)COC/C(F)=C(F)\C=C/Cc3csc(N4CCOCC4)n3)c2C1=O. The zero-order chi connectivity index (χ0) is 40.3. The molecule has 2 aliphatic heterocycles. The number of thiazole rings is 1. The number of halogens is 2. The van der Waals surface area contributed by atoms with Gasteiger partial charge in [-0.3, -0.25) is 24.6 Å². The van der Waals surface area contributed by atoms with Gasteiger partial charge in [-0.15, -0.1) is 11.3 Å². The standard InChI is InChI=1S/C39H53F2N5O9S/c40-30(14-8-11-27-26-56-39(44-27)45-18-21-53-22-19-45)31(41)24-54-23-28(48)12-6-4-2-1-3-5-7-17-43-34(49)25-55-33-16-9-13-29-35(33)38(52)46(37(29)51)32(36(42)50)15-10-20-47/h8-9,13-14,16,20,26,28,32,34,43,48-49H,1-7,10-12,15,17-19,21-25H2,(H2,42,50)/b14-8-,31-30-. The van der Waals surface area contributed by atoms with E-state index in [4.69, 9.17) is 19.9 Å². The third kappa shape index (κ3) is 13.8. The van der Waals surface area contributed by atoms with Crippen LogP contribution in [-0.2, 0) is 25.5 Å². The molecule has 5 N–H and O–H groups in total. The summed E-state index contributed by atoms with van der Waals surface area (Å²) in [5.74, 6) is -4.29. The van der Waals surface area contributed by atoms with Crippen molar-refractivity contribution in [2.24, 2.45) is 5.73 Å². The first-order valence-electron chi connectivity index (χ1n) is 19.1. The second kappa shape index (κ2) is 23.8. The van der Waals surface area contributed by atoms with Gasteiger partial charge >= 0.3 is 0 Å². The number of anilines is 1. The summed E-state index contributed by atoms with van der Waals surface area (Å²) in [5, 5.41) is 26.3. The summed E-state index contributed by atoms with van der Waals surface area (Å²) in [6, 6.07) is 3.20. The molecule has 2 aliphatic rings. The molecule has 0 bridgehead atoms. The first-order valence-corrected chi connectivity index (χ1v) is 20.0. The van der Waals surface area contributed by atoms with Crippen LogP contribution < -0.4 is 20.7 Å². The Bertz CT molecular complexity index is 1650. The van der Waals surface area contributed by atoms with Crippen molar-refractivity contribution in [3.63, 3.8) is 0 Å². The van der Waals surface area contributed by atoms with Crippen LogP contribution in [0.5, 0.6) is 5.75 Å². The number of morpholine rings is 1. The number of rotatable bonds is 27. The fourth-order valence-electron chi connectivity index (χ4n) is 6.29. The van der Waals surface area contributed by atoms with E-state index in [0.717, 1.165) is 79.8 Å². The number of nitrogens with two attached hydrogens (primary N) is 1. The summed E-state index contributed by atoms with van der Waals surface area (Å²) in [4.78, 5) is 56.3. The number of hydrogen-bond acceptors (Lipinski definition) is 13. The molecule has 1 aromatic carbocycles. The van der Waals surface area contributed by atoms with E-state index in [-0.39, 0.29) is 42.9 Å². The van der Waals surface area contributed by atoms with Gasteiger partial charge in [-0.05, 0) is 44.0 Å². The van der Waals surface area contributed by atoms with Crippen LogP contribution in [0.3, 0.4) is 0 Å². The minimum Gasteiger partial charge on any atom is -0.489 e. The number of aldehydes is 1. The number of fused-ring (bicyclic) bond motifs is 1. The molecular weight excluding hydrogens is 753 g/mol. The van der Waals surface area contributed by atoms with Crippen molar-refractivity contribution < 1.29 is 52.4 Å². The van der Waals surface area contributed by atoms with E-state index in [9.17, 15) is 38.2 Å². The summed E-state index contributed by atoms with van der Waals surface area (Å²) < 4.78 is 44.5. The summed E-state index contributed by atoms with van der Waals surface area (Å²) in [6.45, 7) is 2.60. The van der Waals surface area contributed by atoms with Crippen LogP contribution in [0, 0.1) is 0 Å². The van der Waals surface area contributed by atoms with Crippen molar-refractivity contribution in [2.45, 2.75) is 89.0 Å². The van der Waals surface area contributed by atoms with E-state index in [0.29, 0.717) is 38.9 Å². The number of benzene rings is 1. The number of aromatic nitrogens is 1. The van der Waals surface area contributed by atoms with Gasteiger partial charge in [0, 0.05) is 31.3 Å². The Kier molecular flexibility index (Phi) is 19.0. The van der Waals surface area contributed by atoms with Crippen LogP contribution in [0.4, 0.5) is 13.9 Å². The van der Waals surface area contributed by atoms with Crippen LogP contribution >= 0.6 is 11.3 Å². The lowest BCUT2D eigenvalue weighted by molar-refractivity contribution is -0.122. The molecule has 3 atom stereocenters. The largest absolute Gasteiger partial charge is 0.489 e. The Balaban J connectivity index is 1.00. The van der Waals surface area contributed by atoms with Gasteiger partial charge in [-0.1, -0.05) is 50.7 Å². The lowest BCUT2D eigenvalue weighted by Gasteiger charge is -2.25. The molecule has 3 heterocycles. The number of nitrogens with zero attached hydrogens (tertiary/aromatic N) is 3. The quantitative estimate of drug-likeness (QED) is 0.0332. The molecule has 0 radical (unpaired) electrons. The molecule has 3 unspecified atom stereocenters. The number of hydrogen-bond donors (Lipinski definition) is 4. The Morgan fingerprint density at radius 1 is 1.04 bits per heavy atom. The van der Waals surface area contributed by atoms with Crippen molar-refractivity contribution in [2.75, 3.05) is 57.6 Å². The molecule has 14 nitrogen and oxygen atoms in total. The van der Waals surface area contributed by atoms with Gasteiger partial charge in [0.25, 0.3) is 11.8 Å². The first kappa shape index (κ1) is 44.6. The fraction of sp³-hybridized carbons (Fsp3) is 0.564. The highest BCUT2D eigenvalue weighted by atomic mass is 32.1. The number of nitrogens with one attached hydrogen (secondary N) is 1. The van der Waals surface area contributed by atoms with E-state index in [1.54, 1.807) is 0 Å². The lowest BCUT2D eigenvalue weighted by atomic mass is 10.1. The van der Waals surface area contributed by atoms with Crippen LogP contribution in [-0.4, -0.2) is 115 Å². The molecule has 0 spiro atoms. The van der Waals surface area contributed by atoms with Gasteiger partial charge in [-0.2, -0.15) is 0 Å². The van der Waals surface area contributed by atoms with Gasteiger partial charge in [0.15, 0.2) is 16.8 Å². The minimum atomic E-state index is -1.27. The van der Waals surface area contributed by atoms with Gasteiger partial charge in [0.2, 0.25) is 5.91 Å². The van der Waals surface area contributed by atoms with E-state index < -0.39 is 54.4 Å². The van der Waals surface area contributed by atoms with Gasteiger partial charge in [0.1, 0.15) is 37.5 Å². The molecule has 0 saturated carbocycles. The maximum atomic E-state index is 14.2. The molecule has 2 aromatic rings. The normalized spacial score (nSPS) is 16.6. The average molecular weight is 806 g/mol. The molecule has 1 saturated heterocycles. The molecule has 56 heavy (non-hydrogen) atoms. The number of aliphatic hydroxyl groups excluding tert-OH is 2. The number of carbonyl (C=O) groups is 4. The Morgan fingerprint density at radius 3 is 2.50 bits per heavy atom. The number of primary amides is 1. The van der Waals surface area contributed by atoms with Crippen LogP contribution in [0.25, 0.3) is 0 Å². The van der Waals surface area contributed by atoms with Gasteiger partial charge in [-0.25, -0.2) is 13.8 Å².